The summed E-state index contributed by atoms with van der Waals surface area (Å²) in [5.41, 5.74) is 4.49. The van der Waals surface area contributed by atoms with Crippen molar-refractivity contribution in [2.45, 2.75) is 38.1 Å². The zero-order chi connectivity index (χ0) is 24.5. The molecule has 1 heterocycles. The van der Waals surface area contributed by atoms with E-state index in [-0.39, 0.29) is 29.7 Å². The summed E-state index contributed by atoms with van der Waals surface area (Å²) in [7, 11) is 0. The molecule has 0 aromatic heterocycles. The second-order valence-corrected chi connectivity index (χ2v) is 8.84. The number of nitro benzene ring substituents is 1. The first-order valence-corrected chi connectivity index (χ1v) is 11.7. The molecule has 1 aliphatic carbocycles. The molecular weight excluding hydrogens is 442 g/mol. The van der Waals surface area contributed by atoms with Gasteiger partial charge < -0.3 is 5.32 Å². The van der Waals surface area contributed by atoms with Gasteiger partial charge in [-0.05, 0) is 47.7 Å². The maximum Gasteiger partial charge on any atom is 0.269 e. The SMILES string of the molecule is CCC(=O)N1c2ccccc2NC2=C(C(=O)CC(c3ccccc3)C2)C1c1ccc([N+](=O)[O-])cc1. The smallest absolute Gasteiger partial charge is 0.269 e. The van der Waals surface area contributed by atoms with Crippen LogP contribution in [-0.2, 0) is 9.59 Å². The fraction of sp³-hybridized carbons (Fsp3) is 0.214. The van der Waals surface area contributed by atoms with Gasteiger partial charge in [0.1, 0.15) is 0 Å². The number of hydrogen-bond donors (Lipinski definition) is 1. The number of hydrogen-bond acceptors (Lipinski definition) is 5. The Morgan fingerprint density at radius 1 is 0.971 bits per heavy atom. The van der Waals surface area contributed by atoms with Crippen LogP contribution in [0.1, 0.15) is 49.3 Å². The third-order valence-electron chi connectivity index (χ3n) is 6.75. The van der Waals surface area contributed by atoms with Crippen LogP contribution in [0, 0.1) is 10.1 Å². The van der Waals surface area contributed by atoms with E-state index in [0.29, 0.717) is 29.7 Å². The lowest BCUT2D eigenvalue weighted by atomic mass is 9.78. The number of amides is 1. The first kappa shape index (κ1) is 22.5. The van der Waals surface area contributed by atoms with E-state index >= 15 is 0 Å². The highest BCUT2D eigenvalue weighted by Crippen LogP contribution is 2.47. The van der Waals surface area contributed by atoms with Crippen LogP contribution >= 0.6 is 0 Å². The van der Waals surface area contributed by atoms with E-state index in [9.17, 15) is 19.7 Å². The topological polar surface area (TPSA) is 92.6 Å². The summed E-state index contributed by atoms with van der Waals surface area (Å²) < 4.78 is 0. The molecule has 0 bridgehead atoms. The number of para-hydroxylation sites is 2. The normalized spacial score (nSPS) is 19.3. The van der Waals surface area contributed by atoms with E-state index in [1.807, 2.05) is 54.6 Å². The van der Waals surface area contributed by atoms with Crippen molar-refractivity contribution in [2.24, 2.45) is 0 Å². The number of anilines is 2. The summed E-state index contributed by atoms with van der Waals surface area (Å²) in [6.07, 6.45) is 1.21. The van der Waals surface area contributed by atoms with Crippen molar-refractivity contribution in [2.75, 3.05) is 10.2 Å². The Balaban J connectivity index is 1.70. The Labute approximate surface area is 203 Å². The molecule has 2 aliphatic rings. The second-order valence-electron chi connectivity index (χ2n) is 8.84. The van der Waals surface area contributed by atoms with Gasteiger partial charge in [0.25, 0.3) is 5.69 Å². The summed E-state index contributed by atoms with van der Waals surface area (Å²) >= 11 is 0. The molecular formula is C28H25N3O4. The van der Waals surface area contributed by atoms with Gasteiger partial charge in [-0.25, -0.2) is 0 Å². The van der Waals surface area contributed by atoms with Crippen molar-refractivity contribution in [3.8, 4) is 0 Å². The summed E-state index contributed by atoms with van der Waals surface area (Å²) in [5.74, 6) is -0.139. The number of Topliss-reactive ketones (excluding diaryl/α,β-unsaturated/α-hetero) is 1. The summed E-state index contributed by atoms with van der Waals surface area (Å²) in [6.45, 7) is 1.79. The Morgan fingerprint density at radius 2 is 1.66 bits per heavy atom. The molecule has 0 saturated heterocycles. The van der Waals surface area contributed by atoms with E-state index in [4.69, 9.17) is 0 Å². The van der Waals surface area contributed by atoms with Crippen molar-refractivity contribution in [1.29, 1.82) is 0 Å². The van der Waals surface area contributed by atoms with Gasteiger partial charge in [-0.3, -0.25) is 24.6 Å². The van der Waals surface area contributed by atoms with Crippen molar-refractivity contribution >= 4 is 28.8 Å². The summed E-state index contributed by atoms with van der Waals surface area (Å²) in [5, 5.41) is 14.7. The summed E-state index contributed by atoms with van der Waals surface area (Å²) in [4.78, 5) is 39.6. The zero-order valence-electron chi connectivity index (χ0n) is 19.3. The van der Waals surface area contributed by atoms with Gasteiger partial charge in [-0.1, -0.05) is 49.4 Å². The number of ketones is 1. The molecule has 5 rings (SSSR count). The Morgan fingerprint density at radius 3 is 2.34 bits per heavy atom. The average Bonchev–Trinajstić information content (AvgIpc) is 3.03. The molecule has 7 heteroatoms. The van der Waals surface area contributed by atoms with Crippen LogP contribution in [-0.4, -0.2) is 16.6 Å². The quantitative estimate of drug-likeness (QED) is 0.381. The largest absolute Gasteiger partial charge is 0.357 e. The number of carbonyl (C=O) groups excluding carboxylic acids is 2. The predicted molar refractivity (Wildman–Crippen MR) is 134 cm³/mol. The predicted octanol–water partition coefficient (Wildman–Crippen LogP) is 5.91. The molecule has 35 heavy (non-hydrogen) atoms. The minimum atomic E-state index is -0.682. The molecule has 2 unspecified atom stereocenters. The van der Waals surface area contributed by atoms with Crippen LogP contribution in [0.25, 0.3) is 0 Å². The molecule has 176 valence electrons. The van der Waals surface area contributed by atoms with Gasteiger partial charge in [0, 0.05) is 36.2 Å². The number of nitrogens with zero attached hydrogens (tertiary/aromatic N) is 2. The number of nitrogens with one attached hydrogen (secondary N) is 1. The van der Waals surface area contributed by atoms with Gasteiger partial charge in [-0.15, -0.1) is 0 Å². The number of carbonyl (C=O) groups is 2. The molecule has 7 nitrogen and oxygen atoms in total. The summed E-state index contributed by atoms with van der Waals surface area (Å²) in [6, 6.07) is 23.0. The van der Waals surface area contributed by atoms with E-state index in [1.165, 1.54) is 12.1 Å². The monoisotopic (exact) mass is 467 g/mol. The van der Waals surface area contributed by atoms with Crippen LogP contribution in [0.15, 0.2) is 90.1 Å². The fourth-order valence-corrected chi connectivity index (χ4v) is 5.09. The molecule has 0 spiro atoms. The van der Waals surface area contributed by atoms with Gasteiger partial charge in [-0.2, -0.15) is 0 Å². The Kier molecular flexibility index (Phi) is 5.91. The molecule has 1 aliphatic heterocycles. The fourth-order valence-electron chi connectivity index (χ4n) is 5.09. The third kappa shape index (κ3) is 4.10. The maximum atomic E-state index is 13.8. The lowest BCUT2D eigenvalue weighted by molar-refractivity contribution is -0.384. The molecule has 2 atom stereocenters. The Bertz CT molecular complexity index is 1330. The van der Waals surface area contributed by atoms with Gasteiger partial charge in [0.05, 0.1) is 22.3 Å². The number of rotatable bonds is 4. The van der Waals surface area contributed by atoms with E-state index in [0.717, 1.165) is 16.9 Å². The van der Waals surface area contributed by atoms with Crippen molar-refractivity contribution in [3.05, 3.63) is 111 Å². The minimum Gasteiger partial charge on any atom is -0.357 e. The van der Waals surface area contributed by atoms with Crippen molar-refractivity contribution in [1.82, 2.24) is 0 Å². The highest BCUT2D eigenvalue weighted by molar-refractivity contribution is 6.06. The van der Waals surface area contributed by atoms with Gasteiger partial charge in [0.15, 0.2) is 5.78 Å². The van der Waals surface area contributed by atoms with E-state index < -0.39 is 11.0 Å². The van der Waals surface area contributed by atoms with Crippen molar-refractivity contribution in [3.63, 3.8) is 0 Å². The molecule has 3 aromatic rings. The van der Waals surface area contributed by atoms with Crippen LogP contribution < -0.4 is 10.2 Å². The Hall–Kier alpha value is -4.26. The zero-order valence-corrected chi connectivity index (χ0v) is 19.3. The number of allylic oxidation sites excluding steroid dienone is 1. The molecule has 0 fully saturated rings. The van der Waals surface area contributed by atoms with Crippen molar-refractivity contribution < 1.29 is 14.5 Å². The van der Waals surface area contributed by atoms with E-state index in [2.05, 4.69) is 5.32 Å². The highest BCUT2D eigenvalue weighted by atomic mass is 16.6. The maximum absolute atomic E-state index is 13.8. The first-order valence-electron chi connectivity index (χ1n) is 11.7. The van der Waals surface area contributed by atoms with E-state index in [1.54, 1.807) is 24.0 Å². The molecule has 1 amide bonds. The minimum absolute atomic E-state index is 0.0213. The molecule has 0 saturated carbocycles. The number of nitro groups is 1. The number of benzene rings is 3. The number of fused-ring (bicyclic) bond motifs is 1. The lowest BCUT2D eigenvalue weighted by Crippen LogP contribution is -2.38. The van der Waals surface area contributed by atoms with Crippen LogP contribution in [0.4, 0.5) is 17.1 Å². The van der Waals surface area contributed by atoms with Gasteiger partial charge in [0.2, 0.25) is 5.91 Å². The van der Waals surface area contributed by atoms with Crippen LogP contribution in [0.5, 0.6) is 0 Å². The molecule has 1 N–H and O–H groups in total. The standard InChI is InChI=1S/C28H25N3O4/c1-2-26(33)30-24-11-7-6-10-22(24)29-23-16-20(18-8-4-3-5-9-18)17-25(32)27(23)28(30)19-12-14-21(15-13-19)31(34)35/h3-15,20,28-29H,2,16-17H2,1H3. The second kappa shape index (κ2) is 9.18. The van der Waals surface area contributed by atoms with Gasteiger partial charge >= 0.3 is 0 Å². The molecule has 0 radical (unpaired) electrons. The lowest BCUT2D eigenvalue weighted by Gasteiger charge is -2.35. The third-order valence-corrected chi connectivity index (χ3v) is 6.75. The van der Waals surface area contributed by atoms with Crippen LogP contribution in [0.2, 0.25) is 0 Å². The highest BCUT2D eigenvalue weighted by Gasteiger charge is 2.41. The first-order chi connectivity index (χ1) is 17.0. The average molecular weight is 468 g/mol. The molecule has 3 aromatic carbocycles. The number of non-ortho nitro benzene ring substituents is 1. The van der Waals surface area contributed by atoms with Crippen LogP contribution in [0.3, 0.4) is 0 Å².